The van der Waals surface area contributed by atoms with E-state index in [4.69, 9.17) is 4.52 Å². The lowest BCUT2D eigenvalue weighted by Crippen LogP contribution is -2.12. The first-order chi connectivity index (χ1) is 15.3. The van der Waals surface area contributed by atoms with Crippen LogP contribution in [0.4, 0.5) is 13.2 Å². The Kier molecular flexibility index (Phi) is 7.25. The molecular formula is C25H23ClF3N3O. The number of alkyl halides is 3. The molecule has 4 nitrogen and oxygen atoms in total. The van der Waals surface area contributed by atoms with Crippen molar-refractivity contribution in [3.05, 3.63) is 83.4 Å². The summed E-state index contributed by atoms with van der Waals surface area (Å²) in [4.78, 5) is 4.35. The molecule has 8 heteroatoms. The molecule has 0 aliphatic carbocycles. The van der Waals surface area contributed by atoms with Gasteiger partial charge in [0.25, 0.3) is 5.89 Å². The molecule has 0 aliphatic heterocycles. The first-order valence-electron chi connectivity index (χ1n) is 10.2. The van der Waals surface area contributed by atoms with Gasteiger partial charge < -0.3 is 9.84 Å². The predicted molar refractivity (Wildman–Crippen MR) is 125 cm³/mol. The summed E-state index contributed by atoms with van der Waals surface area (Å²) < 4.78 is 47.1. The highest BCUT2D eigenvalue weighted by molar-refractivity contribution is 5.85. The average Bonchev–Trinajstić information content (AvgIpc) is 3.28. The number of hydrogen-bond donors (Lipinski definition) is 1. The van der Waals surface area contributed by atoms with E-state index in [1.54, 1.807) is 37.3 Å². The summed E-state index contributed by atoms with van der Waals surface area (Å²) in [6.07, 6.45) is -4.53. The van der Waals surface area contributed by atoms with Gasteiger partial charge >= 0.3 is 6.18 Å². The summed E-state index contributed by atoms with van der Waals surface area (Å²) in [6, 6.07) is 18.9. The second-order valence-electron chi connectivity index (χ2n) is 7.63. The molecule has 0 aliphatic rings. The Labute approximate surface area is 196 Å². The number of aryl methyl sites for hydroxylation is 1. The summed E-state index contributed by atoms with van der Waals surface area (Å²) in [5.74, 6) is 0.357. The molecule has 1 N–H and O–H groups in total. The Morgan fingerprint density at radius 1 is 0.909 bits per heavy atom. The molecule has 0 saturated heterocycles. The summed E-state index contributed by atoms with van der Waals surface area (Å²) in [7, 11) is 1.86. The van der Waals surface area contributed by atoms with E-state index in [1.807, 2.05) is 38.2 Å². The number of nitrogens with zero attached hydrogens (tertiary/aromatic N) is 2. The van der Waals surface area contributed by atoms with Crippen LogP contribution in [0.2, 0.25) is 0 Å². The summed E-state index contributed by atoms with van der Waals surface area (Å²) in [5, 5.41) is 7.15. The van der Waals surface area contributed by atoms with Gasteiger partial charge in [-0.25, -0.2) is 0 Å². The van der Waals surface area contributed by atoms with Crippen molar-refractivity contribution in [2.24, 2.45) is 0 Å². The molecular weight excluding hydrogens is 451 g/mol. The van der Waals surface area contributed by atoms with E-state index < -0.39 is 11.7 Å². The molecule has 3 aromatic carbocycles. The van der Waals surface area contributed by atoms with Crippen molar-refractivity contribution < 1.29 is 17.7 Å². The quantitative estimate of drug-likeness (QED) is 0.336. The Morgan fingerprint density at radius 2 is 1.67 bits per heavy atom. The van der Waals surface area contributed by atoms with Crippen molar-refractivity contribution in [1.29, 1.82) is 0 Å². The monoisotopic (exact) mass is 473 g/mol. The maximum atomic E-state index is 13.9. The van der Waals surface area contributed by atoms with Crippen molar-refractivity contribution in [3.8, 4) is 34.0 Å². The Morgan fingerprint density at radius 3 is 2.36 bits per heavy atom. The number of rotatable bonds is 5. The molecule has 0 bridgehead atoms. The molecule has 1 atom stereocenters. The SMILES string of the molecule is CNC(C)c1cccc(-c2noc(-c3ccc(-c4ccccc4C)c(C(F)(F)F)c3)n2)c1.Cl. The lowest BCUT2D eigenvalue weighted by molar-refractivity contribution is -0.137. The second kappa shape index (κ2) is 9.77. The van der Waals surface area contributed by atoms with Gasteiger partial charge in [-0.15, -0.1) is 12.4 Å². The number of aromatic nitrogens is 2. The van der Waals surface area contributed by atoms with Crippen LogP contribution in [0.25, 0.3) is 34.0 Å². The van der Waals surface area contributed by atoms with Crippen molar-refractivity contribution in [1.82, 2.24) is 15.5 Å². The molecule has 0 radical (unpaired) electrons. The third kappa shape index (κ3) is 5.10. The molecule has 0 fully saturated rings. The average molecular weight is 474 g/mol. The lowest BCUT2D eigenvalue weighted by atomic mass is 9.94. The van der Waals surface area contributed by atoms with Gasteiger partial charge in [0.1, 0.15) is 0 Å². The van der Waals surface area contributed by atoms with Crippen LogP contribution >= 0.6 is 12.4 Å². The van der Waals surface area contributed by atoms with Crippen LogP contribution in [0, 0.1) is 6.92 Å². The third-order valence-electron chi connectivity index (χ3n) is 5.51. The number of hydrogen-bond acceptors (Lipinski definition) is 4. The summed E-state index contributed by atoms with van der Waals surface area (Å²) in [6.45, 7) is 3.81. The van der Waals surface area contributed by atoms with Crippen LogP contribution in [0.1, 0.15) is 29.7 Å². The van der Waals surface area contributed by atoms with E-state index in [2.05, 4.69) is 15.5 Å². The number of halogens is 4. The zero-order chi connectivity index (χ0) is 22.9. The largest absolute Gasteiger partial charge is 0.417 e. The van der Waals surface area contributed by atoms with Crippen LogP contribution in [-0.4, -0.2) is 17.2 Å². The van der Waals surface area contributed by atoms with E-state index >= 15 is 0 Å². The van der Waals surface area contributed by atoms with Gasteiger partial charge in [0.15, 0.2) is 0 Å². The molecule has 0 saturated carbocycles. The first-order valence-corrected chi connectivity index (χ1v) is 10.2. The zero-order valence-electron chi connectivity index (χ0n) is 18.3. The van der Waals surface area contributed by atoms with Gasteiger partial charge in [-0.2, -0.15) is 18.2 Å². The summed E-state index contributed by atoms with van der Waals surface area (Å²) >= 11 is 0. The fourth-order valence-corrected chi connectivity index (χ4v) is 3.59. The first kappa shape index (κ1) is 24.5. The van der Waals surface area contributed by atoms with Crippen molar-refractivity contribution >= 4 is 12.4 Å². The Bertz CT molecular complexity index is 1250. The van der Waals surface area contributed by atoms with Gasteiger partial charge in [-0.1, -0.05) is 53.7 Å². The Balaban J connectivity index is 0.00000306. The molecule has 1 heterocycles. The highest BCUT2D eigenvalue weighted by atomic mass is 35.5. The minimum absolute atomic E-state index is 0. The maximum absolute atomic E-state index is 13.9. The lowest BCUT2D eigenvalue weighted by Gasteiger charge is -2.15. The van der Waals surface area contributed by atoms with Gasteiger partial charge in [0.05, 0.1) is 5.56 Å². The fraction of sp³-hybridized carbons (Fsp3) is 0.200. The normalized spacial score (nSPS) is 12.3. The summed E-state index contributed by atoms with van der Waals surface area (Å²) in [5.41, 5.74) is 2.66. The molecule has 172 valence electrons. The van der Waals surface area contributed by atoms with Crippen LogP contribution in [0.3, 0.4) is 0 Å². The number of benzene rings is 3. The van der Waals surface area contributed by atoms with E-state index in [9.17, 15) is 13.2 Å². The topological polar surface area (TPSA) is 51.0 Å². The van der Waals surface area contributed by atoms with E-state index in [0.717, 1.165) is 22.8 Å². The van der Waals surface area contributed by atoms with E-state index in [-0.39, 0.29) is 35.5 Å². The van der Waals surface area contributed by atoms with Gasteiger partial charge in [0.2, 0.25) is 5.82 Å². The molecule has 1 aromatic heterocycles. The highest BCUT2D eigenvalue weighted by Gasteiger charge is 2.34. The van der Waals surface area contributed by atoms with Crippen LogP contribution in [-0.2, 0) is 6.18 Å². The Hall–Kier alpha value is -3.16. The fourth-order valence-electron chi connectivity index (χ4n) is 3.59. The smallest absolute Gasteiger partial charge is 0.334 e. The van der Waals surface area contributed by atoms with Crippen molar-refractivity contribution in [2.75, 3.05) is 7.05 Å². The molecule has 0 amide bonds. The van der Waals surface area contributed by atoms with Crippen LogP contribution in [0.15, 0.2) is 71.3 Å². The molecule has 1 unspecified atom stereocenters. The third-order valence-corrected chi connectivity index (χ3v) is 5.51. The number of nitrogens with one attached hydrogen (secondary N) is 1. The van der Waals surface area contributed by atoms with Crippen LogP contribution < -0.4 is 5.32 Å². The highest BCUT2D eigenvalue weighted by Crippen LogP contribution is 2.40. The van der Waals surface area contributed by atoms with Crippen molar-refractivity contribution in [3.63, 3.8) is 0 Å². The zero-order valence-corrected chi connectivity index (χ0v) is 19.1. The maximum Gasteiger partial charge on any atom is 0.417 e. The van der Waals surface area contributed by atoms with Gasteiger partial charge in [-0.3, -0.25) is 0 Å². The van der Waals surface area contributed by atoms with Crippen molar-refractivity contribution in [2.45, 2.75) is 26.1 Å². The molecule has 33 heavy (non-hydrogen) atoms. The van der Waals surface area contributed by atoms with Gasteiger partial charge in [-0.05, 0) is 61.3 Å². The van der Waals surface area contributed by atoms with E-state index in [0.29, 0.717) is 11.4 Å². The van der Waals surface area contributed by atoms with Gasteiger partial charge in [0, 0.05) is 17.2 Å². The van der Waals surface area contributed by atoms with Crippen LogP contribution in [0.5, 0.6) is 0 Å². The standard InChI is InChI=1S/C25H22F3N3O.ClH/c1-15-7-4-5-10-20(15)21-12-11-19(14-22(21)25(26,27)28)24-30-23(31-32-24)18-9-6-8-17(13-18)16(2)29-3;/h4-14,16,29H,1-3H3;1H. The van der Waals surface area contributed by atoms with E-state index in [1.165, 1.54) is 6.07 Å². The molecule has 4 rings (SSSR count). The predicted octanol–water partition coefficient (Wildman–Crippen LogP) is 7.10. The molecule has 0 spiro atoms. The minimum atomic E-state index is -4.53. The molecule has 4 aromatic rings. The minimum Gasteiger partial charge on any atom is -0.334 e. The second-order valence-corrected chi connectivity index (χ2v) is 7.63.